The molecule has 27 heavy (non-hydrogen) atoms. The van der Waals surface area contributed by atoms with Crippen molar-refractivity contribution in [1.29, 1.82) is 0 Å². The molecular formula is C21H35N3O3. The minimum Gasteiger partial charge on any atom is -0.493 e. The highest BCUT2D eigenvalue weighted by molar-refractivity contribution is 5.79. The summed E-state index contributed by atoms with van der Waals surface area (Å²) in [6, 6.07) is 6.06. The van der Waals surface area contributed by atoms with Crippen molar-refractivity contribution in [3.05, 3.63) is 23.8 Å². The van der Waals surface area contributed by atoms with Gasteiger partial charge in [-0.25, -0.2) is 4.99 Å². The van der Waals surface area contributed by atoms with Gasteiger partial charge < -0.3 is 24.8 Å². The van der Waals surface area contributed by atoms with E-state index in [2.05, 4.69) is 28.6 Å². The predicted molar refractivity (Wildman–Crippen MR) is 110 cm³/mol. The van der Waals surface area contributed by atoms with Crippen LogP contribution in [0.4, 0.5) is 0 Å². The molecule has 152 valence electrons. The van der Waals surface area contributed by atoms with E-state index in [0.29, 0.717) is 19.2 Å². The maximum absolute atomic E-state index is 6.11. The molecule has 0 aromatic heterocycles. The summed E-state index contributed by atoms with van der Waals surface area (Å²) in [5.41, 5.74) is 0.826. The summed E-state index contributed by atoms with van der Waals surface area (Å²) >= 11 is 0. The second-order valence-electron chi connectivity index (χ2n) is 7.52. The smallest absolute Gasteiger partial charge is 0.191 e. The lowest BCUT2D eigenvalue weighted by molar-refractivity contribution is 0.0268. The van der Waals surface area contributed by atoms with Crippen molar-refractivity contribution < 1.29 is 14.2 Å². The minimum absolute atomic E-state index is 0.251. The van der Waals surface area contributed by atoms with Crippen LogP contribution >= 0.6 is 0 Å². The molecule has 0 saturated heterocycles. The molecule has 2 rings (SSSR count). The first-order valence-electron chi connectivity index (χ1n) is 9.88. The number of aliphatic imine (C=N–C) groups is 1. The van der Waals surface area contributed by atoms with Gasteiger partial charge >= 0.3 is 0 Å². The van der Waals surface area contributed by atoms with E-state index in [1.54, 1.807) is 14.2 Å². The third-order valence-electron chi connectivity index (χ3n) is 4.82. The van der Waals surface area contributed by atoms with Gasteiger partial charge in [0, 0.05) is 20.2 Å². The maximum atomic E-state index is 6.11. The molecule has 1 aliphatic carbocycles. The SMILES string of the molecule is CCNC(=NCc1ccc(OC2CCCC2)c(OC)c1)NCC(C)(C)OC. The molecule has 1 aromatic carbocycles. The lowest BCUT2D eigenvalue weighted by atomic mass is 10.1. The number of hydrogen-bond acceptors (Lipinski definition) is 4. The van der Waals surface area contributed by atoms with Gasteiger partial charge in [0.25, 0.3) is 0 Å². The third-order valence-corrected chi connectivity index (χ3v) is 4.82. The molecule has 0 bridgehead atoms. The van der Waals surface area contributed by atoms with E-state index in [1.807, 2.05) is 26.0 Å². The van der Waals surface area contributed by atoms with Gasteiger partial charge in [-0.1, -0.05) is 6.07 Å². The molecule has 1 fully saturated rings. The van der Waals surface area contributed by atoms with Crippen molar-refractivity contribution >= 4 is 5.96 Å². The van der Waals surface area contributed by atoms with Crippen LogP contribution in [0.5, 0.6) is 11.5 Å². The molecule has 0 amide bonds. The Bertz CT molecular complexity index is 611. The molecule has 1 aliphatic rings. The largest absolute Gasteiger partial charge is 0.493 e. The molecule has 1 saturated carbocycles. The average molecular weight is 378 g/mol. The second-order valence-corrected chi connectivity index (χ2v) is 7.52. The zero-order valence-corrected chi connectivity index (χ0v) is 17.4. The Hall–Kier alpha value is -1.95. The van der Waals surface area contributed by atoms with E-state index in [-0.39, 0.29) is 5.60 Å². The Morgan fingerprint density at radius 1 is 1.15 bits per heavy atom. The van der Waals surface area contributed by atoms with Crippen LogP contribution < -0.4 is 20.1 Å². The van der Waals surface area contributed by atoms with Gasteiger partial charge in [-0.2, -0.15) is 0 Å². The summed E-state index contributed by atoms with van der Waals surface area (Å²) in [5.74, 6) is 2.37. The maximum Gasteiger partial charge on any atom is 0.191 e. The number of ether oxygens (including phenoxy) is 3. The van der Waals surface area contributed by atoms with E-state index in [9.17, 15) is 0 Å². The lowest BCUT2D eigenvalue weighted by Crippen LogP contribution is -2.45. The summed E-state index contributed by atoms with van der Waals surface area (Å²) in [6.07, 6.45) is 5.08. The average Bonchev–Trinajstić information content (AvgIpc) is 3.18. The molecule has 0 radical (unpaired) electrons. The van der Waals surface area contributed by atoms with Gasteiger partial charge in [0.15, 0.2) is 17.5 Å². The highest BCUT2D eigenvalue weighted by Gasteiger charge is 2.19. The fourth-order valence-electron chi connectivity index (χ4n) is 2.97. The first-order valence-corrected chi connectivity index (χ1v) is 9.88. The molecule has 0 aliphatic heterocycles. The van der Waals surface area contributed by atoms with Crippen molar-refractivity contribution in [3.8, 4) is 11.5 Å². The van der Waals surface area contributed by atoms with Crippen LogP contribution in [0.15, 0.2) is 23.2 Å². The molecule has 1 aromatic rings. The number of methoxy groups -OCH3 is 2. The van der Waals surface area contributed by atoms with E-state index >= 15 is 0 Å². The summed E-state index contributed by atoms with van der Waals surface area (Å²) in [5, 5.41) is 6.59. The second kappa shape index (κ2) is 10.4. The van der Waals surface area contributed by atoms with Gasteiger partial charge in [-0.3, -0.25) is 0 Å². The van der Waals surface area contributed by atoms with Crippen LogP contribution in [0.3, 0.4) is 0 Å². The van der Waals surface area contributed by atoms with Crippen molar-refractivity contribution in [2.24, 2.45) is 4.99 Å². The fraction of sp³-hybridized carbons (Fsp3) is 0.667. The van der Waals surface area contributed by atoms with Gasteiger partial charge in [0.1, 0.15) is 0 Å². The van der Waals surface area contributed by atoms with Crippen molar-refractivity contribution in [2.75, 3.05) is 27.3 Å². The van der Waals surface area contributed by atoms with Crippen molar-refractivity contribution in [1.82, 2.24) is 10.6 Å². The molecule has 6 heteroatoms. The summed E-state index contributed by atoms with van der Waals surface area (Å²) in [4.78, 5) is 4.67. The molecule has 0 spiro atoms. The molecule has 0 unspecified atom stereocenters. The van der Waals surface area contributed by atoms with E-state index in [4.69, 9.17) is 14.2 Å². The quantitative estimate of drug-likeness (QED) is 0.509. The Kier molecular flexibility index (Phi) is 8.23. The molecule has 0 heterocycles. The van der Waals surface area contributed by atoms with Crippen LogP contribution in [0, 0.1) is 0 Å². The predicted octanol–water partition coefficient (Wildman–Crippen LogP) is 3.50. The molecule has 0 atom stereocenters. The summed E-state index contributed by atoms with van der Waals surface area (Å²) in [6.45, 7) is 8.16. The van der Waals surface area contributed by atoms with E-state index in [0.717, 1.165) is 42.4 Å². The standard InChI is InChI=1S/C21H35N3O3/c1-6-22-20(24-15-21(2,3)26-5)23-14-16-11-12-18(19(13-16)25-4)27-17-9-7-8-10-17/h11-13,17H,6-10,14-15H2,1-5H3,(H2,22,23,24). The van der Waals surface area contributed by atoms with Crippen LogP contribution in [-0.4, -0.2) is 45.0 Å². The van der Waals surface area contributed by atoms with Crippen LogP contribution in [-0.2, 0) is 11.3 Å². The van der Waals surface area contributed by atoms with Gasteiger partial charge in [-0.15, -0.1) is 0 Å². The minimum atomic E-state index is -0.251. The first-order chi connectivity index (χ1) is 13.0. The number of guanidine groups is 1. The van der Waals surface area contributed by atoms with Crippen molar-refractivity contribution in [3.63, 3.8) is 0 Å². The lowest BCUT2D eigenvalue weighted by Gasteiger charge is -2.24. The number of hydrogen-bond donors (Lipinski definition) is 2. The normalized spacial score (nSPS) is 15.7. The molecule has 6 nitrogen and oxygen atoms in total. The fourth-order valence-corrected chi connectivity index (χ4v) is 2.97. The molecule has 2 N–H and O–H groups in total. The summed E-state index contributed by atoms with van der Waals surface area (Å²) < 4.78 is 17.1. The highest BCUT2D eigenvalue weighted by atomic mass is 16.5. The monoisotopic (exact) mass is 377 g/mol. The van der Waals surface area contributed by atoms with E-state index in [1.165, 1.54) is 12.8 Å². The van der Waals surface area contributed by atoms with Crippen LogP contribution in [0.25, 0.3) is 0 Å². The van der Waals surface area contributed by atoms with Crippen LogP contribution in [0.2, 0.25) is 0 Å². The number of rotatable bonds is 9. The number of benzene rings is 1. The van der Waals surface area contributed by atoms with Gasteiger partial charge in [0.05, 0.1) is 25.4 Å². The van der Waals surface area contributed by atoms with E-state index < -0.39 is 0 Å². The Morgan fingerprint density at radius 3 is 2.52 bits per heavy atom. The molecular weight excluding hydrogens is 342 g/mol. The zero-order valence-electron chi connectivity index (χ0n) is 17.4. The number of nitrogens with zero attached hydrogens (tertiary/aromatic N) is 1. The Labute approximate surface area is 163 Å². The zero-order chi connectivity index (χ0) is 19.7. The van der Waals surface area contributed by atoms with Gasteiger partial charge in [0.2, 0.25) is 0 Å². The van der Waals surface area contributed by atoms with Gasteiger partial charge in [-0.05, 0) is 64.2 Å². The number of nitrogens with one attached hydrogen (secondary N) is 2. The van der Waals surface area contributed by atoms with Crippen molar-refractivity contribution in [2.45, 2.75) is 64.7 Å². The third kappa shape index (κ3) is 6.94. The Balaban J connectivity index is 2.01. The summed E-state index contributed by atoms with van der Waals surface area (Å²) in [7, 11) is 3.40. The highest BCUT2D eigenvalue weighted by Crippen LogP contribution is 2.32. The topological polar surface area (TPSA) is 64.1 Å². The van der Waals surface area contributed by atoms with Crippen LogP contribution in [0.1, 0.15) is 52.0 Å². The first kappa shape index (κ1) is 21.4. The Morgan fingerprint density at radius 2 is 1.89 bits per heavy atom.